The zero-order valence-corrected chi connectivity index (χ0v) is 7.99. The highest BCUT2D eigenvalue weighted by Gasteiger charge is 2.02. The minimum atomic E-state index is 0.530. The van der Waals surface area contributed by atoms with Crippen molar-refractivity contribution in [1.82, 2.24) is 4.98 Å². The van der Waals surface area contributed by atoms with Crippen LogP contribution in [0.3, 0.4) is 0 Å². The number of thiophene rings is 1. The first-order chi connectivity index (χ1) is 5.90. The fourth-order valence-corrected chi connectivity index (χ4v) is 2.56. The fraction of sp³-hybridized carbons (Fsp3) is 0.125. The van der Waals surface area contributed by atoms with E-state index in [1.165, 1.54) is 4.88 Å². The Balaban J connectivity index is 2.35. The van der Waals surface area contributed by atoms with Gasteiger partial charge in [0.1, 0.15) is 5.01 Å². The van der Waals surface area contributed by atoms with Crippen LogP contribution in [0.1, 0.15) is 5.69 Å². The monoisotopic (exact) mass is 191 g/mol. The maximum atomic E-state index is 5.46. The van der Waals surface area contributed by atoms with Crippen molar-refractivity contribution in [3.63, 3.8) is 0 Å². The SMILES string of the molecule is [B]Cc1csc(-c2cccs2)n1. The second-order valence-electron chi connectivity index (χ2n) is 2.33. The van der Waals surface area contributed by atoms with Gasteiger partial charge in [-0.1, -0.05) is 6.07 Å². The Kier molecular flexibility index (Phi) is 2.28. The molecular formula is C8H6BNS2. The third kappa shape index (κ3) is 1.45. The van der Waals surface area contributed by atoms with Gasteiger partial charge in [-0.05, 0) is 17.8 Å². The minimum absolute atomic E-state index is 0.530. The highest BCUT2D eigenvalue weighted by atomic mass is 32.1. The predicted octanol–water partition coefficient (Wildman–Crippen LogP) is 2.54. The van der Waals surface area contributed by atoms with Crippen LogP contribution in [-0.2, 0) is 6.32 Å². The maximum absolute atomic E-state index is 5.46. The summed E-state index contributed by atoms with van der Waals surface area (Å²) in [7, 11) is 5.46. The molecule has 0 aliphatic rings. The van der Waals surface area contributed by atoms with Crippen LogP contribution in [0.4, 0.5) is 0 Å². The summed E-state index contributed by atoms with van der Waals surface area (Å²) in [4.78, 5) is 5.60. The molecule has 4 heteroatoms. The van der Waals surface area contributed by atoms with Crippen LogP contribution < -0.4 is 0 Å². The average Bonchev–Trinajstić information content (AvgIpc) is 2.75. The van der Waals surface area contributed by atoms with Crippen LogP contribution >= 0.6 is 22.7 Å². The number of aromatic nitrogens is 1. The smallest absolute Gasteiger partial charge is 0.133 e. The number of thiazole rings is 1. The predicted molar refractivity (Wildman–Crippen MR) is 54.9 cm³/mol. The lowest BCUT2D eigenvalue weighted by molar-refractivity contribution is 1.23. The molecule has 2 heterocycles. The normalized spacial score (nSPS) is 10.3. The summed E-state index contributed by atoms with van der Waals surface area (Å²) in [5.41, 5.74) is 0.975. The molecule has 0 aliphatic heterocycles. The van der Waals surface area contributed by atoms with Crippen molar-refractivity contribution in [2.75, 3.05) is 0 Å². The van der Waals surface area contributed by atoms with E-state index >= 15 is 0 Å². The molecule has 2 aromatic rings. The summed E-state index contributed by atoms with van der Waals surface area (Å²) in [5.74, 6) is 0. The van der Waals surface area contributed by atoms with E-state index in [9.17, 15) is 0 Å². The number of hydrogen-bond acceptors (Lipinski definition) is 3. The lowest BCUT2D eigenvalue weighted by atomic mass is 10.0. The molecule has 2 aromatic heterocycles. The van der Waals surface area contributed by atoms with Crippen molar-refractivity contribution in [1.29, 1.82) is 0 Å². The molecule has 0 saturated heterocycles. The van der Waals surface area contributed by atoms with Crippen LogP contribution in [0, 0.1) is 0 Å². The standard InChI is InChI=1S/C8H6BNS2/c9-4-6-5-12-8(10-6)7-2-1-3-11-7/h1-3,5H,4H2. The van der Waals surface area contributed by atoms with Crippen LogP contribution in [0.5, 0.6) is 0 Å². The van der Waals surface area contributed by atoms with Gasteiger partial charge in [-0.3, -0.25) is 0 Å². The molecule has 12 heavy (non-hydrogen) atoms. The Hall–Kier alpha value is -0.605. The first-order valence-corrected chi connectivity index (χ1v) is 5.34. The Morgan fingerprint density at radius 2 is 2.33 bits per heavy atom. The topological polar surface area (TPSA) is 12.9 Å². The fourth-order valence-electron chi connectivity index (χ4n) is 0.914. The molecule has 58 valence electrons. The van der Waals surface area contributed by atoms with Crippen LogP contribution in [0.2, 0.25) is 0 Å². The second kappa shape index (κ2) is 3.41. The van der Waals surface area contributed by atoms with Gasteiger partial charge in [-0.15, -0.1) is 22.7 Å². The van der Waals surface area contributed by atoms with E-state index < -0.39 is 0 Å². The molecule has 2 radical (unpaired) electrons. The van der Waals surface area contributed by atoms with Crippen LogP contribution in [0.25, 0.3) is 9.88 Å². The highest BCUT2D eigenvalue weighted by Crippen LogP contribution is 2.27. The van der Waals surface area contributed by atoms with Crippen molar-refractivity contribution >= 4 is 30.5 Å². The Labute approximate surface area is 80.5 Å². The molecule has 2 rings (SSSR count). The molecule has 0 bridgehead atoms. The second-order valence-corrected chi connectivity index (χ2v) is 4.13. The molecule has 0 amide bonds. The average molecular weight is 191 g/mol. The summed E-state index contributed by atoms with van der Waals surface area (Å²) in [5, 5.41) is 5.14. The van der Waals surface area contributed by atoms with E-state index in [2.05, 4.69) is 16.4 Å². The van der Waals surface area contributed by atoms with E-state index in [1.54, 1.807) is 22.7 Å². The zero-order valence-electron chi connectivity index (χ0n) is 6.36. The van der Waals surface area contributed by atoms with Gasteiger partial charge in [0, 0.05) is 11.1 Å². The lowest BCUT2D eigenvalue weighted by Crippen LogP contribution is -1.81. The van der Waals surface area contributed by atoms with Gasteiger partial charge in [0.05, 0.1) is 12.7 Å². The lowest BCUT2D eigenvalue weighted by Gasteiger charge is -1.86. The Bertz CT molecular complexity index is 353. The third-order valence-electron chi connectivity index (χ3n) is 1.49. The van der Waals surface area contributed by atoms with Gasteiger partial charge in [-0.25, -0.2) is 4.98 Å². The van der Waals surface area contributed by atoms with E-state index in [1.807, 2.05) is 11.4 Å². The molecular weight excluding hydrogens is 185 g/mol. The molecule has 0 spiro atoms. The van der Waals surface area contributed by atoms with Crippen molar-refractivity contribution in [3.8, 4) is 9.88 Å². The quantitative estimate of drug-likeness (QED) is 0.664. The maximum Gasteiger partial charge on any atom is 0.133 e. The van der Waals surface area contributed by atoms with Crippen molar-refractivity contribution in [2.45, 2.75) is 6.32 Å². The summed E-state index contributed by atoms with van der Waals surface area (Å²) in [6.07, 6.45) is 0.530. The first-order valence-electron chi connectivity index (χ1n) is 3.58. The van der Waals surface area contributed by atoms with Gasteiger partial charge < -0.3 is 0 Å². The Morgan fingerprint density at radius 3 is 2.92 bits per heavy atom. The molecule has 0 atom stereocenters. The third-order valence-corrected chi connectivity index (χ3v) is 3.42. The molecule has 0 saturated carbocycles. The Morgan fingerprint density at radius 1 is 1.42 bits per heavy atom. The van der Waals surface area contributed by atoms with Gasteiger partial charge in [0.25, 0.3) is 0 Å². The van der Waals surface area contributed by atoms with Gasteiger partial charge in [0.2, 0.25) is 0 Å². The van der Waals surface area contributed by atoms with Gasteiger partial charge in [-0.2, -0.15) is 0 Å². The molecule has 0 aromatic carbocycles. The molecule has 0 fully saturated rings. The molecule has 0 N–H and O–H groups in total. The largest absolute Gasteiger partial charge is 0.241 e. The highest BCUT2D eigenvalue weighted by molar-refractivity contribution is 7.20. The van der Waals surface area contributed by atoms with E-state index in [0.29, 0.717) is 6.32 Å². The van der Waals surface area contributed by atoms with Crippen molar-refractivity contribution in [2.24, 2.45) is 0 Å². The molecule has 0 aliphatic carbocycles. The zero-order chi connectivity index (χ0) is 8.39. The van der Waals surface area contributed by atoms with Gasteiger partial charge >= 0.3 is 0 Å². The summed E-state index contributed by atoms with van der Waals surface area (Å²) in [6, 6.07) is 4.10. The van der Waals surface area contributed by atoms with E-state index in [-0.39, 0.29) is 0 Å². The first kappa shape index (κ1) is 8.01. The number of hydrogen-bond donors (Lipinski definition) is 0. The summed E-state index contributed by atoms with van der Waals surface area (Å²) >= 11 is 3.36. The number of rotatable bonds is 2. The van der Waals surface area contributed by atoms with E-state index in [4.69, 9.17) is 7.85 Å². The molecule has 0 unspecified atom stereocenters. The van der Waals surface area contributed by atoms with Gasteiger partial charge in [0.15, 0.2) is 0 Å². The summed E-state index contributed by atoms with van der Waals surface area (Å²) in [6.45, 7) is 0. The van der Waals surface area contributed by atoms with Crippen molar-refractivity contribution in [3.05, 3.63) is 28.6 Å². The minimum Gasteiger partial charge on any atom is -0.241 e. The summed E-state index contributed by atoms with van der Waals surface area (Å²) < 4.78 is 0. The van der Waals surface area contributed by atoms with E-state index in [0.717, 1.165) is 10.7 Å². The van der Waals surface area contributed by atoms with Crippen LogP contribution in [0.15, 0.2) is 22.9 Å². The molecule has 1 nitrogen and oxygen atoms in total. The van der Waals surface area contributed by atoms with Crippen LogP contribution in [-0.4, -0.2) is 12.8 Å². The number of nitrogens with zero attached hydrogens (tertiary/aromatic N) is 1. The van der Waals surface area contributed by atoms with Crippen molar-refractivity contribution < 1.29 is 0 Å².